The number of esters is 1. The summed E-state index contributed by atoms with van der Waals surface area (Å²) in [5.74, 6) is -1.69. The van der Waals surface area contributed by atoms with Crippen molar-refractivity contribution in [1.29, 1.82) is 0 Å². The molecule has 80 valence electrons. The normalized spacial score (nSPS) is 11.1. The van der Waals surface area contributed by atoms with Gasteiger partial charge in [-0.25, -0.2) is 9.59 Å². The first-order chi connectivity index (χ1) is 6.57. The Labute approximate surface area is 83.6 Å². The van der Waals surface area contributed by atoms with E-state index in [9.17, 15) is 9.59 Å². The summed E-state index contributed by atoms with van der Waals surface area (Å²) < 4.78 is 4.49. The maximum atomic E-state index is 11.1. The molecule has 0 unspecified atom stereocenters. The van der Waals surface area contributed by atoms with E-state index in [-0.39, 0.29) is 0 Å². The lowest BCUT2D eigenvalue weighted by Crippen LogP contribution is -2.13. The topological polar surface area (TPSA) is 63.6 Å². The molecule has 0 fully saturated rings. The fourth-order valence-electron chi connectivity index (χ4n) is 0.847. The number of hydrogen-bond acceptors (Lipinski definition) is 3. The summed E-state index contributed by atoms with van der Waals surface area (Å²) in [6.45, 7) is 3.11. The van der Waals surface area contributed by atoms with Crippen LogP contribution in [0.1, 0.15) is 33.1 Å². The largest absolute Gasteiger partial charge is 0.479 e. The van der Waals surface area contributed by atoms with E-state index >= 15 is 0 Å². The smallest absolute Gasteiger partial charge is 0.341 e. The van der Waals surface area contributed by atoms with Gasteiger partial charge in [0.05, 0.1) is 0 Å². The number of rotatable bonds is 6. The van der Waals surface area contributed by atoms with Crippen molar-refractivity contribution >= 4 is 11.9 Å². The maximum absolute atomic E-state index is 11.1. The molecule has 0 saturated carbocycles. The highest BCUT2D eigenvalue weighted by molar-refractivity contribution is 5.89. The van der Waals surface area contributed by atoms with Crippen LogP contribution in [-0.4, -0.2) is 23.7 Å². The molecular formula is C10H16O4. The highest BCUT2D eigenvalue weighted by Crippen LogP contribution is 2.02. The Morgan fingerprint density at radius 3 is 2.57 bits per heavy atom. The zero-order valence-corrected chi connectivity index (χ0v) is 8.58. The lowest BCUT2D eigenvalue weighted by atomic mass is 10.2. The predicted molar refractivity (Wildman–Crippen MR) is 51.9 cm³/mol. The molecular weight excluding hydrogens is 184 g/mol. The van der Waals surface area contributed by atoms with Crippen molar-refractivity contribution in [3.63, 3.8) is 0 Å². The molecule has 0 saturated heterocycles. The molecule has 0 spiro atoms. The van der Waals surface area contributed by atoms with E-state index in [1.807, 2.05) is 0 Å². The van der Waals surface area contributed by atoms with Gasteiger partial charge < -0.3 is 9.84 Å². The van der Waals surface area contributed by atoms with E-state index < -0.39 is 18.5 Å². The van der Waals surface area contributed by atoms with Crippen molar-refractivity contribution in [2.45, 2.75) is 33.1 Å². The molecule has 0 amide bonds. The number of carboxylic acid groups (broad SMARTS) is 1. The SMILES string of the molecule is CCCCC=C(C)C(=O)OCC(=O)O. The summed E-state index contributed by atoms with van der Waals surface area (Å²) in [7, 11) is 0. The number of carbonyl (C=O) groups is 2. The molecule has 0 heterocycles. The van der Waals surface area contributed by atoms with Gasteiger partial charge >= 0.3 is 11.9 Å². The van der Waals surface area contributed by atoms with Crippen molar-refractivity contribution in [2.75, 3.05) is 6.61 Å². The average Bonchev–Trinajstić information content (AvgIpc) is 2.14. The Bertz CT molecular complexity index is 230. The third-order valence-electron chi connectivity index (χ3n) is 1.66. The van der Waals surface area contributed by atoms with Gasteiger partial charge in [-0.05, 0) is 13.3 Å². The molecule has 0 aromatic carbocycles. The van der Waals surface area contributed by atoms with Gasteiger partial charge in [-0.15, -0.1) is 0 Å². The third-order valence-corrected chi connectivity index (χ3v) is 1.66. The quantitative estimate of drug-likeness (QED) is 0.403. The van der Waals surface area contributed by atoms with Crippen LogP contribution in [0.25, 0.3) is 0 Å². The number of hydrogen-bond donors (Lipinski definition) is 1. The highest BCUT2D eigenvalue weighted by atomic mass is 16.5. The van der Waals surface area contributed by atoms with Gasteiger partial charge in [0.25, 0.3) is 0 Å². The number of carbonyl (C=O) groups excluding carboxylic acids is 1. The van der Waals surface area contributed by atoms with E-state index in [0.717, 1.165) is 19.3 Å². The zero-order chi connectivity index (χ0) is 11.0. The Morgan fingerprint density at radius 1 is 1.43 bits per heavy atom. The van der Waals surface area contributed by atoms with Crippen LogP contribution in [0.5, 0.6) is 0 Å². The summed E-state index contributed by atoms with van der Waals surface area (Å²) in [5, 5.41) is 8.26. The van der Waals surface area contributed by atoms with E-state index in [0.29, 0.717) is 5.57 Å². The molecule has 0 radical (unpaired) electrons. The summed E-state index contributed by atoms with van der Waals surface area (Å²) in [6.07, 6.45) is 4.68. The minimum Gasteiger partial charge on any atom is -0.479 e. The Balaban J connectivity index is 3.86. The fourth-order valence-corrected chi connectivity index (χ4v) is 0.847. The fraction of sp³-hybridized carbons (Fsp3) is 0.600. The molecule has 0 aromatic rings. The number of allylic oxidation sites excluding steroid dienone is 1. The second-order valence-electron chi connectivity index (χ2n) is 3.00. The summed E-state index contributed by atoms with van der Waals surface area (Å²) in [6, 6.07) is 0. The van der Waals surface area contributed by atoms with E-state index in [2.05, 4.69) is 11.7 Å². The van der Waals surface area contributed by atoms with Crippen molar-refractivity contribution in [3.05, 3.63) is 11.6 Å². The predicted octanol–water partition coefficient (Wildman–Crippen LogP) is 1.75. The maximum Gasteiger partial charge on any atom is 0.341 e. The molecule has 0 aliphatic carbocycles. The minimum absolute atomic E-state index is 0.472. The molecule has 4 nitrogen and oxygen atoms in total. The second kappa shape index (κ2) is 7.12. The molecule has 0 aromatic heterocycles. The van der Waals surface area contributed by atoms with Crippen LogP contribution < -0.4 is 0 Å². The zero-order valence-electron chi connectivity index (χ0n) is 8.58. The molecule has 0 aliphatic rings. The summed E-state index contributed by atoms with van der Waals surface area (Å²) >= 11 is 0. The third kappa shape index (κ3) is 6.22. The van der Waals surface area contributed by atoms with Crippen LogP contribution in [0.4, 0.5) is 0 Å². The van der Waals surface area contributed by atoms with E-state index in [4.69, 9.17) is 5.11 Å². The van der Waals surface area contributed by atoms with Crippen LogP contribution >= 0.6 is 0 Å². The van der Waals surface area contributed by atoms with Crippen LogP contribution in [0.2, 0.25) is 0 Å². The number of carboxylic acids is 1. The number of unbranched alkanes of at least 4 members (excludes halogenated alkanes) is 2. The lowest BCUT2D eigenvalue weighted by Gasteiger charge is -2.01. The van der Waals surface area contributed by atoms with Gasteiger partial charge in [0, 0.05) is 5.57 Å². The first kappa shape index (κ1) is 12.7. The Kier molecular flexibility index (Phi) is 6.45. The molecule has 0 rings (SSSR count). The van der Waals surface area contributed by atoms with Gasteiger partial charge in [0.1, 0.15) is 0 Å². The van der Waals surface area contributed by atoms with E-state index in [1.54, 1.807) is 13.0 Å². The van der Waals surface area contributed by atoms with Crippen molar-refractivity contribution < 1.29 is 19.4 Å². The summed E-state index contributed by atoms with van der Waals surface area (Å²) in [5.41, 5.74) is 0.472. The van der Waals surface area contributed by atoms with Crippen molar-refractivity contribution in [3.8, 4) is 0 Å². The average molecular weight is 200 g/mol. The molecule has 1 N–H and O–H groups in total. The van der Waals surface area contributed by atoms with Crippen LogP contribution in [0.15, 0.2) is 11.6 Å². The molecule has 4 heteroatoms. The second-order valence-corrected chi connectivity index (χ2v) is 3.00. The van der Waals surface area contributed by atoms with Crippen LogP contribution in [-0.2, 0) is 14.3 Å². The number of aliphatic carboxylic acids is 1. The highest BCUT2D eigenvalue weighted by Gasteiger charge is 2.07. The standard InChI is InChI=1S/C10H16O4/c1-3-4-5-6-8(2)10(13)14-7-9(11)12/h6H,3-5,7H2,1-2H3,(H,11,12). The molecule has 0 atom stereocenters. The van der Waals surface area contributed by atoms with E-state index in [1.165, 1.54) is 0 Å². The Morgan fingerprint density at radius 2 is 2.07 bits per heavy atom. The molecule has 0 aliphatic heterocycles. The van der Waals surface area contributed by atoms with Gasteiger partial charge in [-0.3, -0.25) is 0 Å². The number of ether oxygens (including phenoxy) is 1. The lowest BCUT2D eigenvalue weighted by molar-refractivity contribution is -0.152. The molecule has 0 bridgehead atoms. The van der Waals surface area contributed by atoms with Crippen molar-refractivity contribution in [2.24, 2.45) is 0 Å². The van der Waals surface area contributed by atoms with Gasteiger partial charge in [-0.1, -0.05) is 25.8 Å². The molecule has 14 heavy (non-hydrogen) atoms. The first-order valence-corrected chi connectivity index (χ1v) is 4.63. The van der Waals surface area contributed by atoms with Crippen LogP contribution in [0.3, 0.4) is 0 Å². The van der Waals surface area contributed by atoms with Gasteiger partial charge in [-0.2, -0.15) is 0 Å². The first-order valence-electron chi connectivity index (χ1n) is 4.63. The monoisotopic (exact) mass is 200 g/mol. The Hall–Kier alpha value is -1.32. The van der Waals surface area contributed by atoms with Crippen LogP contribution in [0, 0.1) is 0 Å². The van der Waals surface area contributed by atoms with Gasteiger partial charge in [0.2, 0.25) is 0 Å². The summed E-state index contributed by atoms with van der Waals surface area (Å²) in [4.78, 5) is 21.2. The minimum atomic E-state index is -1.14. The van der Waals surface area contributed by atoms with Crippen molar-refractivity contribution in [1.82, 2.24) is 0 Å². The van der Waals surface area contributed by atoms with Gasteiger partial charge in [0.15, 0.2) is 6.61 Å².